The number of nitrogens with zero attached hydrogens (tertiary/aromatic N) is 4. The fourth-order valence-corrected chi connectivity index (χ4v) is 4.26. The van der Waals surface area contributed by atoms with Crippen molar-refractivity contribution >= 4 is 11.6 Å². The fraction of sp³-hybridized carbons (Fsp3) is 0.160. The van der Waals surface area contributed by atoms with Crippen molar-refractivity contribution in [3.05, 3.63) is 96.4 Å². The molecule has 1 fully saturated rings. The van der Waals surface area contributed by atoms with Gasteiger partial charge >= 0.3 is 0 Å². The largest absolute Gasteiger partial charge is 0.361 e. The number of fused-ring (bicyclic) bond motifs is 1. The minimum atomic E-state index is -0.282. The first-order valence-electron chi connectivity index (χ1n) is 10.5. The lowest BCUT2D eigenvalue weighted by atomic mass is 10.0. The first-order valence-corrected chi connectivity index (χ1v) is 10.5. The highest BCUT2D eigenvalue weighted by Crippen LogP contribution is 2.43. The van der Waals surface area contributed by atoms with Gasteiger partial charge < -0.3 is 10.2 Å². The summed E-state index contributed by atoms with van der Waals surface area (Å²) in [4.78, 5) is 19.6. The van der Waals surface area contributed by atoms with Crippen LogP contribution in [0.5, 0.6) is 0 Å². The third-order valence-corrected chi connectivity index (χ3v) is 5.91. The van der Waals surface area contributed by atoms with E-state index in [1.807, 2.05) is 82.5 Å². The highest BCUT2D eigenvalue weighted by Gasteiger charge is 2.43. The Balaban J connectivity index is 1.53. The second-order valence-corrected chi connectivity index (χ2v) is 7.99. The average Bonchev–Trinajstić information content (AvgIpc) is 3.57. The van der Waals surface area contributed by atoms with Gasteiger partial charge in [0.15, 0.2) is 0 Å². The van der Waals surface area contributed by atoms with Crippen LogP contribution in [-0.4, -0.2) is 31.6 Å². The molecule has 6 rings (SSSR count). The van der Waals surface area contributed by atoms with Crippen LogP contribution >= 0.6 is 0 Å². The number of anilines is 1. The number of rotatable bonds is 4. The Morgan fingerprint density at radius 3 is 2.42 bits per heavy atom. The lowest BCUT2D eigenvalue weighted by Gasteiger charge is -2.38. The van der Waals surface area contributed by atoms with E-state index in [0.29, 0.717) is 0 Å². The molecule has 152 valence electrons. The number of nitrogens with one attached hydrogen (secondary N) is 1. The van der Waals surface area contributed by atoms with Gasteiger partial charge in [-0.3, -0.25) is 9.78 Å². The van der Waals surface area contributed by atoms with Crippen LogP contribution in [0, 0.1) is 0 Å². The number of carbonyl (C=O) groups is 1. The van der Waals surface area contributed by atoms with Gasteiger partial charge in [0.25, 0.3) is 5.91 Å². The molecule has 0 bridgehead atoms. The summed E-state index contributed by atoms with van der Waals surface area (Å²) < 4.78 is 1.89. The Hall–Kier alpha value is -3.93. The van der Waals surface area contributed by atoms with Crippen LogP contribution in [0.25, 0.3) is 16.9 Å². The number of amides is 1. The average molecular weight is 407 g/mol. The molecule has 0 saturated heterocycles. The number of aromatic nitrogens is 3. The van der Waals surface area contributed by atoms with E-state index in [9.17, 15) is 4.79 Å². The molecule has 1 unspecified atom stereocenters. The SMILES string of the molecule is O=C1c2ccccc2NC(c2cn(-c3ccccc3)nc2-c2ccncc2)N1C1CC1. The second kappa shape index (κ2) is 7.09. The normalized spacial score (nSPS) is 17.9. The molecule has 1 aliphatic heterocycles. The number of carbonyl (C=O) groups excluding carboxylic acids is 1. The predicted molar refractivity (Wildman–Crippen MR) is 119 cm³/mol. The van der Waals surface area contributed by atoms with Gasteiger partial charge in [0.2, 0.25) is 0 Å². The summed E-state index contributed by atoms with van der Waals surface area (Å²) in [5.74, 6) is 0.0787. The number of hydrogen-bond donors (Lipinski definition) is 1. The zero-order valence-electron chi connectivity index (χ0n) is 16.8. The summed E-state index contributed by atoms with van der Waals surface area (Å²) in [6.45, 7) is 0. The molecular weight excluding hydrogens is 386 g/mol. The van der Waals surface area contributed by atoms with E-state index < -0.39 is 0 Å². The van der Waals surface area contributed by atoms with Crippen LogP contribution in [0.1, 0.15) is 34.9 Å². The lowest BCUT2D eigenvalue weighted by Crippen LogP contribution is -2.44. The van der Waals surface area contributed by atoms with Gasteiger partial charge in [-0.25, -0.2) is 4.68 Å². The standard InChI is InChI=1S/C25H21N5O/c31-25-20-8-4-5-9-22(20)27-24(30(25)19-10-11-19)21-16-29(18-6-2-1-3-7-18)28-23(21)17-12-14-26-15-13-17/h1-9,12-16,19,24,27H,10-11H2. The third-order valence-electron chi connectivity index (χ3n) is 5.91. The summed E-state index contributed by atoms with van der Waals surface area (Å²) >= 11 is 0. The molecule has 4 aromatic rings. The molecule has 1 saturated carbocycles. The minimum Gasteiger partial charge on any atom is -0.361 e. The Bertz CT molecular complexity index is 1250. The van der Waals surface area contributed by atoms with Gasteiger partial charge in [0.1, 0.15) is 6.17 Å². The molecule has 6 nitrogen and oxygen atoms in total. The summed E-state index contributed by atoms with van der Waals surface area (Å²) in [5, 5.41) is 8.56. The summed E-state index contributed by atoms with van der Waals surface area (Å²) in [6.07, 6.45) is 7.37. The van der Waals surface area contributed by atoms with Crippen molar-refractivity contribution < 1.29 is 4.79 Å². The Morgan fingerprint density at radius 1 is 0.903 bits per heavy atom. The number of hydrogen-bond acceptors (Lipinski definition) is 4. The van der Waals surface area contributed by atoms with Gasteiger partial charge in [-0.1, -0.05) is 30.3 Å². The first-order chi connectivity index (χ1) is 15.3. The van der Waals surface area contributed by atoms with Crippen LogP contribution in [0.4, 0.5) is 5.69 Å². The quantitative estimate of drug-likeness (QED) is 0.534. The van der Waals surface area contributed by atoms with Gasteiger partial charge in [0, 0.05) is 41.4 Å². The summed E-state index contributed by atoms with van der Waals surface area (Å²) in [7, 11) is 0. The zero-order chi connectivity index (χ0) is 20.8. The maximum atomic E-state index is 13.5. The van der Waals surface area contributed by atoms with Gasteiger partial charge in [-0.05, 0) is 49.2 Å². The lowest BCUT2D eigenvalue weighted by molar-refractivity contribution is 0.0667. The van der Waals surface area contributed by atoms with Crippen molar-refractivity contribution in [3.63, 3.8) is 0 Å². The van der Waals surface area contributed by atoms with E-state index in [2.05, 4.69) is 10.3 Å². The molecule has 31 heavy (non-hydrogen) atoms. The number of para-hydroxylation sites is 2. The summed E-state index contributed by atoms with van der Waals surface area (Å²) in [6, 6.07) is 22.0. The van der Waals surface area contributed by atoms with Crippen molar-refractivity contribution in [2.75, 3.05) is 5.32 Å². The molecule has 2 aromatic heterocycles. The maximum Gasteiger partial charge on any atom is 0.258 e. The highest BCUT2D eigenvalue weighted by atomic mass is 16.2. The van der Waals surface area contributed by atoms with E-state index >= 15 is 0 Å². The van der Waals surface area contributed by atoms with Crippen LogP contribution in [0.2, 0.25) is 0 Å². The fourth-order valence-electron chi connectivity index (χ4n) is 4.26. The number of benzene rings is 2. The monoisotopic (exact) mass is 407 g/mol. The van der Waals surface area contributed by atoms with Crippen molar-refractivity contribution in [3.8, 4) is 16.9 Å². The smallest absolute Gasteiger partial charge is 0.258 e. The van der Waals surface area contributed by atoms with Gasteiger partial charge in [-0.15, -0.1) is 0 Å². The van der Waals surface area contributed by atoms with E-state index in [-0.39, 0.29) is 18.1 Å². The van der Waals surface area contributed by atoms with E-state index in [1.54, 1.807) is 12.4 Å². The zero-order valence-corrected chi connectivity index (χ0v) is 16.8. The van der Waals surface area contributed by atoms with E-state index in [1.165, 1.54) is 0 Å². The van der Waals surface area contributed by atoms with Crippen molar-refractivity contribution in [1.29, 1.82) is 0 Å². The molecule has 1 N–H and O–H groups in total. The molecule has 0 radical (unpaired) electrons. The maximum absolute atomic E-state index is 13.5. The highest BCUT2D eigenvalue weighted by molar-refractivity contribution is 6.02. The van der Waals surface area contributed by atoms with Crippen LogP contribution in [0.15, 0.2) is 85.3 Å². The summed E-state index contributed by atoms with van der Waals surface area (Å²) in [5.41, 5.74) is 5.37. The first kappa shape index (κ1) is 17.9. The van der Waals surface area contributed by atoms with E-state index in [4.69, 9.17) is 5.10 Å². The van der Waals surface area contributed by atoms with Gasteiger partial charge in [0.05, 0.1) is 16.9 Å². The Labute approximate surface area is 180 Å². The molecule has 1 amide bonds. The van der Waals surface area contributed by atoms with Crippen LogP contribution < -0.4 is 5.32 Å². The van der Waals surface area contributed by atoms with Crippen molar-refractivity contribution in [1.82, 2.24) is 19.7 Å². The molecule has 2 aliphatic rings. The molecule has 2 aromatic carbocycles. The molecular formula is C25H21N5O. The Morgan fingerprint density at radius 2 is 1.65 bits per heavy atom. The van der Waals surface area contributed by atoms with Crippen LogP contribution in [-0.2, 0) is 0 Å². The van der Waals surface area contributed by atoms with Crippen molar-refractivity contribution in [2.45, 2.75) is 25.0 Å². The second-order valence-electron chi connectivity index (χ2n) is 7.99. The van der Waals surface area contributed by atoms with Gasteiger partial charge in [-0.2, -0.15) is 5.10 Å². The molecule has 1 aliphatic carbocycles. The molecule has 1 atom stereocenters. The third kappa shape index (κ3) is 3.08. The molecule has 3 heterocycles. The van der Waals surface area contributed by atoms with E-state index in [0.717, 1.165) is 46.6 Å². The predicted octanol–water partition coefficient (Wildman–Crippen LogP) is 4.66. The Kier molecular flexibility index (Phi) is 4.09. The van der Waals surface area contributed by atoms with Crippen LogP contribution in [0.3, 0.4) is 0 Å². The molecule has 0 spiro atoms. The topological polar surface area (TPSA) is 63.1 Å². The molecule has 6 heteroatoms. The minimum absolute atomic E-state index is 0.0787. The number of pyridine rings is 1. The van der Waals surface area contributed by atoms with Crippen molar-refractivity contribution in [2.24, 2.45) is 0 Å².